The van der Waals surface area contributed by atoms with Crippen LogP contribution in [0.4, 0.5) is 0 Å². The van der Waals surface area contributed by atoms with Crippen molar-refractivity contribution in [2.24, 2.45) is 0 Å². The second-order valence-electron chi connectivity index (χ2n) is 18.5. The maximum atomic E-state index is 12.8. The minimum Gasteiger partial charge on any atom is -0.462 e. The van der Waals surface area contributed by atoms with Gasteiger partial charge in [0.05, 0.1) is 0 Å². The third kappa shape index (κ3) is 53.4. The molecule has 0 aromatic carbocycles. The fourth-order valence-corrected chi connectivity index (χ4v) is 7.63. The highest BCUT2D eigenvalue weighted by Crippen LogP contribution is 2.15. The summed E-state index contributed by atoms with van der Waals surface area (Å²) >= 11 is 0. The standard InChI is InChI=1S/C61H104O6/c1-4-7-10-13-16-19-22-25-28-30-33-35-38-41-44-47-50-53-59(62)65-56-58(67-61(64)55-52-49-46-43-40-37-32-27-24-21-18-15-12-9-6-3)57-66-60(63)54-51-48-45-42-39-36-34-31-29-26-23-20-17-14-11-8-5-2/h16,19,25-26,28-29,33-36,41-42,44-45,58H,4-15,17-18,20-24,27,30-32,37-40,43,46-57H2,1-3H3/b19-16-,28-25-,29-26-,35-33-,36-34-,44-41-,45-42-/t58-/m1/s1. The molecule has 0 saturated heterocycles. The molecule has 0 rings (SSSR count). The topological polar surface area (TPSA) is 78.9 Å². The predicted octanol–water partition coefficient (Wildman–Crippen LogP) is 18.8. The van der Waals surface area contributed by atoms with Crippen molar-refractivity contribution < 1.29 is 28.6 Å². The molecular formula is C61H104O6. The summed E-state index contributed by atoms with van der Waals surface area (Å²) in [7, 11) is 0. The Kier molecular flexibility index (Phi) is 52.4. The largest absolute Gasteiger partial charge is 0.462 e. The molecule has 0 aromatic rings. The van der Waals surface area contributed by atoms with Crippen molar-refractivity contribution in [2.45, 2.75) is 271 Å². The van der Waals surface area contributed by atoms with Gasteiger partial charge in [0.1, 0.15) is 13.2 Å². The molecule has 0 amide bonds. The summed E-state index contributed by atoms with van der Waals surface area (Å²) < 4.78 is 16.8. The number of ether oxygens (including phenoxy) is 3. The van der Waals surface area contributed by atoms with E-state index < -0.39 is 6.10 Å². The molecule has 0 fully saturated rings. The van der Waals surface area contributed by atoms with E-state index in [-0.39, 0.29) is 44.0 Å². The average Bonchev–Trinajstić information content (AvgIpc) is 3.33. The molecule has 1 atom stereocenters. The van der Waals surface area contributed by atoms with Crippen LogP contribution in [0, 0.1) is 0 Å². The number of hydrogen-bond donors (Lipinski definition) is 0. The van der Waals surface area contributed by atoms with Crippen LogP contribution in [0.25, 0.3) is 0 Å². The number of esters is 3. The van der Waals surface area contributed by atoms with E-state index in [9.17, 15) is 14.4 Å². The summed E-state index contributed by atoms with van der Waals surface area (Å²) in [6.45, 7) is 6.53. The summed E-state index contributed by atoms with van der Waals surface area (Å²) in [5.74, 6) is -1.02. The fourth-order valence-electron chi connectivity index (χ4n) is 7.63. The van der Waals surface area contributed by atoms with Gasteiger partial charge in [0.25, 0.3) is 0 Å². The molecule has 0 bridgehead atoms. The van der Waals surface area contributed by atoms with E-state index in [1.165, 1.54) is 148 Å². The monoisotopic (exact) mass is 933 g/mol. The lowest BCUT2D eigenvalue weighted by Gasteiger charge is -2.18. The first kappa shape index (κ1) is 63.6. The third-order valence-electron chi connectivity index (χ3n) is 11.9. The maximum absolute atomic E-state index is 12.8. The first-order valence-corrected chi connectivity index (χ1v) is 28.1. The van der Waals surface area contributed by atoms with Crippen LogP contribution in [0.1, 0.15) is 265 Å². The van der Waals surface area contributed by atoms with Crippen molar-refractivity contribution in [3.63, 3.8) is 0 Å². The predicted molar refractivity (Wildman–Crippen MR) is 288 cm³/mol. The number of carbonyl (C=O) groups is 3. The lowest BCUT2D eigenvalue weighted by Crippen LogP contribution is -2.30. The van der Waals surface area contributed by atoms with Gasteiger partial charge in [-0.1, -0.05) is 241 Å². The minimum absolute atomic E-state index is 0.118. The van der Waals surface area contributed by atoms with Crippen LogP contribution in [-0.4, -0.2) is 37.2 Å². The van der Waals surface area contributed by atoms with E-state index in [1.54, 1.807) is 0 Å². The van der Waals surface area contributed by atoms with Gasteiger partial charge < -0.3 is 14.2 Å². The number of rotatable bonds is 50. The highest BCUT2D eigenvalue weighted by molar-refractivity contribution is 5.71. The summed E-state index contributed by atoms with van der Waals surface area (Å²) in [4.78, 5) is 38.1. The van der Waals surface area contributed by atoms with E-state index in [4.69, 9.17) is 14.2 Å². The van der Waals surface area contributed by atoms with Gasteiger partial charge in [-0.25, -0.2) is 0 Å². The normalized spacial score (nSPS) is 12.7. The zero-order chi connectivity index (χ0) is 48.6. The summed E-state index contributed by atoms with van der Waals surface area (Å²) in [6.07, 6.45) is 71.5. The van der Waals surface area contributed by atoms with E-state index in [2.05, 4.69) is 106 Å². The van der Waals surface area contributed by atoms with Crippen LogP contribution >= 0.6 is 0 Å². The molecule has 67 heavy (non-hydrogen) atoms. The second kappa shape index (κ2) is 55.2. The van der Waals surface area contributed by atoms with Crippen LogP contribution in [0.5, 0.6) is 0 Å². The maximum Gasteiger partial charge on any atom is 0.306 e. The Balaban J connectivity index is 4.53. The zero-order valence-electron chi connectivity index (χ0n) is 43.9. The van der Waals surface area contributed by atoms with Gasteiger partial charge in [-0.3, -0.25) is 14.4 Å². The van der Waals surface area contributed by atoms with Gasteiger partial charge >= 0.3 is 17.9 Å². The average molecular weight is 933 g/mol. The SMILES string of the molecule is CCCCC/C=C\C/C=C\C/C=C\C/C=C\CCCC(=O)OC[C@H](COC(=O)CCC/C=C\C/C=C\C/C=C\CCCCCCCC)OC(=O)CCCCCCCCCCCCCCCCC. The number of carbonyl (C=O) groups excluding carboxylic acids is 3. The van der Waals surface area contributed by atoms with Crippen molar-refractivity contribution in [2.75, 3.05) is 13.2 Å². The molecule has 0 radical (unpaired) electrons. The molecule has 0 saturated carbocycles. The Morgan fingerprint density at radius 2 is 0.552 bits per heavy atom. The first-order valence-electron chi connectivity index (χ1n) is 28.1. The van der Waals surface area contributed by atoms with Crippen LogP contribution in [-0.2, 0) is 28.6 Å². The molecule has 6 heteroatoms. The minimum atomic E-state index is -0.817. The summed E-state index contributed by atoms with van der Waals surface area (Å²) in [5.41, 5.74) is 0. The molecule has 0 aliphatic rings. The van der Waals surface area contributed by atoms with Crippen LogP contribution in [0.15, 0.2) is 85.1 Å². The van der Waals surface area contributed by atoms with Crippen molar-refractivity contribution in [1.82, 2.24) is 0 Å². The van der Waals surface area contributed by atoms with Crippen LogP contribution < -0.4 is 0 Å². The third-order valence-corrected chi connectivity index (χ3v) is 11.9. The fraction of sp³-hybridized carbons (Fsp3) is 0.721. The Morgan fingerprint density at radius 1 is 0.299 bits per heavy atom. The number of allylic oxidation sites excluding steroid dienone is 14. The van der Waals surface area contributed by atoms with Gasteiger partial charge in [-0.2, -0.15) is 0 Å². The molecule has 0 unspecified atom stereocenters. The van der Waals surface area contributed by atoms with Gasteiger partial charge in [-0.15, -0.1) is 0 Å². The van der Waals surface area contributed by atoms with Gasteiger partial charge in [0.2, 0.25) is 0 Å². The summed E-state index contributed by atoms with van der Waals surface area (Å²) in [5, 5.41) is 0. The molecular weight excluding hydrogens is 829 g/mol. The van der Waals surface area contributed by atoms with E-state index >= 15 is 0 Å². The second-order valence-corrected chi connectivity index (χ2v) is 18.5. The van der Waals surface area contributed by atoms with E-state index in [0.717, 1.165) is 64.2 Å². The Morgan fingerprint density at radius 3 is 0.910 bits per heavy atom. The Bertz CT molecular complexity index is 1300. The smallest absolute Gasteiger partial charge is 0.306 e. The van der Waals surface area contributed by atoms with Crippen LogP contribution in [0.2, 0.25) is 0 Å². The zero-order valence-corrected chi connectivity index (χ0v) is 43.9. The Hall–Kier alpha value is -3.41. The molecule has 0 aliphatic heterocycles. The van der Waals surface area contributed by atoms with Crippen molar-refractivity contribution in [1.29, 1.82) is 0 Å². The van der Waals surface area contributed by atoms with Gasteiger partial charge in [0, 0.05) is 19.3 Å². The Labute approximate surface area is 414 Å². The molecule has 0 heterocycles. The summed E-state index contributed by atoms with van der Waals surface area (Å²) in [6, 6.07) is 0. The molecule has 6 nitrogen and oxygen atoms in total. The number of hydrogen-bond acceptors (Lipinski definition) is 6. The molecule has 0 aliphatic carbocycles. The highest BCUT2D eigenvalue weighted by atomic mass is 16.6. The number of unbranched alkanes of at least 4 members (excludes halogenated alkanes) is 25. The lowest BCUT2D eigenvalue weighted by atomic mass is 10.0. The quantitative estimate of drug-likeness (QED) is 0.0262. The van der Waals surface area contributed by atoms with E-state index in [1.807, 2.05) is 0 Å². The van der Waals surface area contributed by atoms with Crippen molar-refractivity contribution in [3.8, 4) is 0 Å². The van der Waals surface area contributed by atoms with Crippen molar-refractivity contribution in [3.05, 3.63) is 85.1 Å². The van der Waals surface area contributed by atoms with Crippen molar-refractivity contribution >= 4 is 17.9 Å². The molecule has 0 aromatic heterocycles. The first-order chi connectivity index (χ1) is 33.0. The van der Waals surface area contributed by atoms with Gasteiger partial charge in [-0.05, 0) is 89.9 Å². The van der Waals surface area contributed by atoms with Crippen LogP contribution in [0.3, 0.4) is 0 Å². The van der Waals surface area contributed by atoms with Gasteiger partial charge in [0.15, 0.2) is 6.10 Å². The highest BCUT2D eigenvalue weighted by Gasteiger charge is 2.19. The molecule has 0 N–H and O–H groups in total. The molecule has 0 spiro atoms. The molecule has 384 valence electrons. The lowest BCUT2D eigenvalue weighted by molar-refractivity contribution is -0.167. The van der Waals surface area contributed by atoms with E-state index in [0.29, 0.717) is 19.3 Å².